The Morgan fingerprint density at radius 2 is 2.04 bits per heavy atom. The molecule has 3 heterocycles. The molecule has 0 amide bonds. The Hall–Kier alpha value is -3.28. The van der Waals surface area contributed by atoms with Gasteiger partial charge < -0.3 is 19.6 Å². The maximum Gasteiger partial charge on any atom is 0.354 e. The lowest BCUT2D eigenvalue weighted by Crippen LogP contribution is -2.11. The fourth-order valence-electron chi connectivity index (χ4n) is 3.10. The molecule has 3 aromatic heterocycles. The Kier molecular flexibility index (Phi) is 3.46. The topological polar surface area (TPSA) is 74.0 Å². The van der Waals surface area contributed by atoms with Gasteiger partial charge in [0, 0.05) is 35.2 Å². The highest BCUT2D eigenvalue weighted by atomic mass is 16.5. The molecule has 0 bridgehead atoms. The second kappa shape index (κ2) is 5.66. The van der Waals surface area contributed by atoms with E-state index in [0.29, 0.717) is 11.3 Å². The normalized spacial score (nSPS) is 11.2. The maximum absolute atomic E-state index is 11.7. The van der Waals surface area contributed by atoms with Crippen LogP contribution in [-0.4, -0.2) is 35.1 Å². The number of ether oxygens (including phenoxy) is 1. The number of hydrogen-bond donors (Lipinski definition) is 2. The van der Waals surface area contributed by atoms with Crippen LogP contribution >= 0.6 is 0 Å². The van der Waals surface area contributed by atoms with E-state index in [-0.39, 0.29) is 0 Å². The summed E-state index contributed by atoms with van der Waals surface area (Å²) in [7, 11) is 3.37. The Morgan fingerprint density at radius 3 is 2.84 bits per heavy atom. The summed E-state index contributed by atoms with van der Waals surface area (Å²) >= 11 is 0. The molecule has 6 heteroatoms. The number of nitrogens with one attached hydrogen (secondary N) is 2. The first-order chi connectivity index (χ1) is 12.1. The minimum atomic E-state index is -0.401. The third kappa shape index (κ3) is 2.52. The van der Waals surface area contributed by atoms with Gasteiger partial charge in [-0.15, -0.1) is 0 Å². The largest absolute Gasteiger partial charge is 0.464 e. The summed E-state index contributed by atoms with van der Waals surface area (Å²) < 4.78 is 4.75. The number of benzene rings is 1. The molecular formula is C19H18N4O2. The first-order valence-corrected chi connectivity index (χ1v) is 7.95. The molecule has 4 aromatic rings. The SMILES string of the molecule is COC(=O)c1cc2cc(N(C)c3cc4cc[nH]c4cc3C)cnc2[nH]1. The molecule has 0 saturated heterocycles. The number of anilines is 2. The van der Waals surface area contributed by atoms with E-state index in [1.807, 2.05) is 19.3 Å². The zero-order chi connectivity index (χ0) is 17.6. The van der Waals surface area contributed by atoms with Crippen LogP contribution in [0.4, 0.5) is 11.4 Å². The predicted molar refractivity (Wildman–Crippen MR) is 98.5 cm³/mol. The van der Waals surface area contributed by atoms with Crippen LogP contribution in [0.1, 0.15) is 16.1 Å². The smallest absolute Gasteiger partial charge is 0.354 e. The predicted octanol–water partition coefficient (Wildman–Crippen LogP) is 3.91. The Bertz CT molecular complexity index is 1090. The molecule has 25 heavy (non-hydrogen) atoms. The van der Waals surface area contributed by atoms with E-state index in [4.69, 9.17) is 4.74 Å². The molecule has 0 aliphatic heterocycles. The number of fused-ring (bicyclic) bond motifs is 2. The highest BCUT2D eigenvalue weighted by Crippen LogP contribution is 2.31. The van der Waals surface area contributed by atoms with Gasteiger partial charge in [0.2, 0.25) is 0 Å². The summed E-state index contributed by atoms with van der Waals surface area (Å²) in [6.45, 7) is 2.09. The summed E-state index contributed by atoms with van der Waals surface area (Å²) in [4.78, 5) is 24.4. The standard InChI is InChI=1S/C19H18N4O2/c1-11-6-15-12(4-5-20-15)9-17(11)23(2)14-7-13-8-16(19(24)25-3)22-18(13)21-10-14/h4-10,20H,1-3H3,(H,21,22). The summed E-state index contributed by atoms with van der Waals surface area (Å²) in [5, 5.41) is 2.03. The molecule has 6 nitrogen and oxygen atoms in total. The van der Waals surface area contributed by atoms with E-state index >= 15 is 0 Å². The highest BCUT2D eigenvalue weighted by Gasteiger charge is 2.13. The average Bonchev–Trinajstić information content (AvgIpc) is 3.24. The van der Waals surface area contributed by atoms with Crippen molar-refractivity contribution in [2.24, 2.45) is 0 Å². The van der Waals surface area contributed by atoms with Crippen molar-refractivity contribution < 1.29 is 9.53 Å². The number of carbonyl (C=O) groups is 1. The van der Waals surface area contributed by atoms with E-state index < -0.39 is 5.97 Å². The Balaban J connectivity index is 1.76. The number of methoxy groups -OCH3 is 1. The number of aromatic nitrogens is 3. The van der Waals surface area contributed by atoms with Gasteiger partial charge in [-0.05, 0) is 42.8 Å². The van der Waals surface area contributed by atoms with Gasteiger partial charge in [0.25, 0.3) is 0 Å². The van der Waals surface area contributed by atoms with E-state index in [0.717, 1.165) is 27.7 Å². The molecular weight excluding hydrogens is 316 g/mol. The fraction of sp³-hybridized carbons (Fsp3) is 0.158. The summed E-state index contributed by atoms with van der Waals surface area (Å²) in [5.41, 5.74) is 5.40. The third-order valence-electron chi connectivity index (χ3n) is 4.48. The molecule has 2 N–H and O–H groups in total. The van der Waals surface area contributed by atoms with Crippen LogP contribution in [0.5, 0.6) is 0 Å². The van der Waals surface area contributed by atoms with Crippen molar-refractivity contribution >= 4 is 39.3 Å². The number of pyridine rings is 1. The van der Waals surface area contributed by atoms with Gasteiger partial charge in [0.15, 0.2) is 0 Å². The second-order valence-electron chi connectivity index (χ2n) is 6.07. The zero-order valence-corrected chi connectivity index (χ0v) is 14.3. The monoisotopic (exact) mass is 334 g/mol. The van der Waals surface area contributed by atoms with Crippen LogP contribution in [0.3, 0.4) is 0 Å². The lowest BCUT2D eigenvalue weighted by atomic mass is 10.1. The molecule has 0 fully saturated rings. The van der Waals surface area contributed by atoms with Gasteiger partial charge in [0.05, 0.1) is 19.0 Å². The van der Waals surface area contributed by atoms with Gasteiger partial charge in [-0.25, -0.2) is 9.78 Å². The lowest BCUT2D eigenvalue weighted by Gasteiger charge is -2.21. The molecule has 0 aliphatic carbocycles. The number of aryl methyl sites for hydroxylation is 1. The van der Waals surface area contributed by atoms with E-state index in [1.165, 1.54) is 12.7 Å². The van der Waals surface area contributed by atoms with Gasteiger partial charge in [-0.2, -0.15) is 0 Å². The second-order valence-corrected chi connectivity index (χ2v) is 6.07. The average molecular weight is 334 g/mol. The molecule has 0 atom stereocenters. The van der Waals surface area contributed by atoms with Crippen molar-refractivity contribution in [2.75, 3.05) is 19.1 Å². The van der Waals surface area contributed by atoms with Crippen molar-refractivity contribution in [1.82, 2.24) is 15.0 Å². The number of carbonyl (C=O) groups excluding carboxylic acids is 1. The molecule has 126 valence electrons. The molecule has 1 aromatic carbocycles. The molecule has 0 spiro atoms. The molecule has 4 rings (SSSR count). The van der Waals surface area contributed by atoms with Crippen LogP contribution in [0.2, 0.25) is 0 Å². The van der Waals surface area contributed by atoms with Crippen LogP contribution in [0, 0.1) is 6.92 Å². The minimum Gasteiger partial charge on any atom is -0.464 e. The van der Waals surface area contributed by atoms with E-state index in [1.54, 1.807) is 12.3 Å². The molecule has 0 aliphatic rings. The van der Waals surface area contributed by atoms with Gasteiger partial charge in [0.1, 0.15) is 11.3 Å². The van der Waals surface area contributed by atoms with Crippen molar-refractivity contribution in [3.8, 4) is 0 Å². The van der Waals surface area contributed by atoms with Crippen LogP contribution in [0.15, 0.2) is 42.7 Å². The third-order valence-corrected chi connectivity index (χ3v) is 4.48. The number of hydrogen-bond acceptors (Lipinski definition) is 4. The van der Waals surface area contributed by atoms with Crippen molar-refractivity contribution in [3.05, 3.63) is 54.0 Å². The van der Waals surface area contributed by atoms with Crippen molar-refractivity contribution in [2.45, 2.75) is 6.92 Å². The minimum absolute atomic E-state index is 0.398. The summed E-state index contributed by atoms with van der Waals surface area (Å²) in [6.07, 6.45) is 3.73. The van der Waals surface area contributed by atoms with Crippen LogP contribution in [-0.2, 0) is 4.74 Å². The molecule has 0 radical (unpaired) electrons. The number of nitrogens with zero attached hydrogens (tertiary/aromatic N) is 2. The first kappa shape index (κ1) is 15.3. The van der Waals surface area contributed by atoms with Gasteiger partial charge in [-0.3, -0.25) is 0 Å². The van der Waals surface area contributed by atoms with E-state index in [9.17, 15) is 4.79 Å². The summed E-state index contributed by atoms with van der Waals surface area (Å²) in [6, 6.07) is 10.1. The van der Waals surface area contributed by atoms with Crippen LogP contribution < -0.4 is 4.90 Å². The Labute approximate surface area is 144 Å². The first-order valence-electron chi connectivity index (χ1n) is 7.95. The van der Waals surface area contributed by atoms with Gasteiger partial charge in [-0.1, -0.05) is 0 Å². The zero-order valence-electron chi connectivity index (χ0n) is 14.3. The lowest BCUT2D eigenvalue weighted by molar-refractivity contribution is 0.0595. The fourth-order valence-corrected chi connectivity index (χ4v) is 3.10. The molecule has 0 unspecified atom stereocenters. The number of rotatable bonds is 3. The highest BCUT2D eigenvalue weighted by molar-refractivity contribution is 5.95. The number of esters is 1. The van der Waals surface area contributed by atoms with Crippen molar-refractivity contribution in [1.29, 1.82) is 0 Å². The van der Waals surface area contributed by atoms with Crippen LogP contribution in [0.25, 0.3) is 21.9 Å². The van der Waals surface area contributed by atoms with Crippen molar-refractivity contribution in [3.63, 3.8) is 0 Å². The number of H-pyrrole nitrogens is 2. The molecule has 0 saturated carbocycles. The summed E-state index contributed by atoms with van der Waals surface area (Å²) in [5.74, 6) is -0.401. The van der Waals surface area contributed by atoms with E-state index in [2.05, 4.69) is 45.0 Å². The van der Waals surface area contributed by atoms with Gasteiger partial charge >= 0.3 is 5.97 Å². The maximum atomic E-state index is 11.7. The number of aromatic amines is 2. The Morgan fingerprint density at radius 1 is 1.20 bits per heavy atom. The quantitative estimate of drug-likeness (QED) is 0.557.